The molecule has 0 bridgehead atoms. The second-order valence-electron chi connectivity index (χ2n) is 6.40. The molecule has 6 heteroatoms. The van der Waals surface area contributed by atoms with Gasteiger partial charge >= 0.3 is 0 Å². The van der Waals surface area contributed by atoms with Gasteiger partial charge in [-0.3, -0.25) is 0 Å². The number of aryl methyl sites for hydroxylation is 1. The zero-order valence-electron chi connectivity index (χ0n) is 15.7. The fourth-order valence-electron chi connectivity index (χ4n) is 2.69. The van der Waals surface area contributed by atoms with E-state index < -0.39 is 0 Å². The van der Waals surface area contributed by atoms with Crippen LogP contribution in [0, 0.1) is 11.7 Å². The number of rotatable bonds is 8. The van der Waals surface area contributed by atoms with Crippen molar-refractivity contribution in [1.29, 1.82) is 0 Å². The van der Waals surface area contributed by atoms with E-state index in [4.69, 9.17) is 17.0 Å². The Labute approximate surface area is 164 Å². The van der Waals surface area contributed by atoms with E-state index >= 15 is 0 Å². The minimum Gasteiger partial charge on any atom is -0.494 e. The van der Waals surface area contributed by atoms with E-state index in [2.05, 4.69) is 28.3 Å². The molecule has 0 amide bonds. The van der Waals surface area contributed by atoms with Crippen molar-refractivity contribution in [2.75, 3.05) is 6.61 Å². The van der Waals surface area contributed by atoms with Gasteiger partial charge in [0.15, 0.2) is 5.82 Å². The lowest BCUT2D eigenvalue weighted by molar-refractivity contribution is 0.306. The Hall–Kier alpha value is -2.73. The number of aromatic nitrogens is 3. The van der Waals surface area contributed by atoms with Crippen LogP contribution >= 0.6 is 12.2 Å². The second-order valence-corrected chi connectivity index (χ2v) is 6.79. The van der Waals surface area contributed by atoms with Crippen molar-refractivity contribution in [2.45, 2.75) is 33.1 Å². The maximum absolute atomic E-state index is 5.74. The first-order valence-corrected chi connectivity index (χ1v) is 9.60. The number of ether oxygens (including phenoxy) is 1. The van der Waals surface area contributed by atoms with Gasteiger partial charge in [0.1, 0.15) is 5.75 Å². The van der Waals surface area contributed by atoms with Crippen molar-refractivity contribution in [3.8, 4) is 17.1 Å². The van der Waals surface area contributed by atoms with Crippen molar-refractivity contribution in [2.24, 2.45) is 5.10 Å². The lowest BCUT2D eigenvalue weighted by Gasteiger charge is -2.05. The Balaban J connectivity index is 1.73. The molecule has 0 aliphatic heterocycles. The number of nitrogens with zero attached hydrogens (tertiary/aromatic N) is 3. The summed E-state index contributed by atoms with van der Waals surface area (Å²) in [6.45, 7) is 4.99. The van der Waals surface area contributed by atoms with Gasteiger partial charge in [-0.05, 0) is 61.5 Å². The summed E-state index contributed by atoms with van der Waals surface area (Å²) in [4.78, 5) is 0. The van der Waals surface area contributed by atoms with Gasteiger partial charge in [-0.25, -0.2) is 5.10 Å². The van der Waals surface area contributed by atoms with E-state index in [1.54, 1.807) is 10.9 Å². The number of benzene rings is 2. The first-order valence-electron chi connectivity index (χ1n) is 9.19. The molecule has 1 N–H and O–H groups in total. The van der Waals surface area contributed by atoms with Gasteiger partial charge in [-0.1, -0.05) is 43.5 Å². The molecule has 0 saturated heterocycles. The van der Waals surface area contributed by atoms with Crippen molar-refractivity contribution in [1.82, 2.24) is 14.9 Å². The molecule has 3 rings (SSSR count). The predicted octanol–water partition coefficient (Wildman–Crippen LogP) is 5.37. The maximum Gasteiger partial charge on any atom is 0.216 e. The summed E-state index contributed by atoms with van der Waals surface area (Å²) in [5.41, 5.74) is 3.09. The maximum atomic E-state index is 5.74. The van der Waals surface area contributed by atoms with Gasteiger partial charge in [-0.2, -0.15) is 14.9 Å². The summed E-state index contributed by atoms with van der Waals surface area (Å²) in [5.74, 6) is 1.57. The van der Waals surface area contributed by atoms with Crippen LogP contribution in [0.2, 0.25) is 0 Å². The average Bonchev–Trinajstić information content (AvgIpc) is 3.05. The third-order valence-corrected chi connectivity index (χ3v) is 4.41. The molecule has 1 heterocycles. The Morgan fingerprint density at radius 1 is 1.19 bits per heavy atom. The van der Waals surface area contributed by atoms with Gasteiger partial charge < -0.3 is 4.74 Å². The third kappa shape index (κ3) is 5.14. The average molecular weight is 381 g/mol. The minimum atomic E-state index is 0.457. The highest BCUT2D eigenvalue weighted by Gasteiger charge is 2.08. The smallest absolute Gasteiger partial charge is 0.216 e. The van der Waals surface area contributed by atoms with Gasteiger partial charge in [0.05, 0.1) is 12.8 Å². The van der Waals surface area contributed by atoms with Gasteiger partial charge in [0, 0.05) is 5.56 Å². The normalized spacial score (nSPS) is 11.2. The van der Waals surface area contributed by atoms with Crippen molar-refractivity contribution < 1.29 is 4.74 Å². The number of aromatic amines is 1. The van der Waals surface area contributed by atoms with Crippen LogP contribution in [0.3, 0.4) is 0 Å². The lowest BCUT2D eigenvalue weighted by Crippen LogP contribution is -1.97. The Bertz CT molecular complexity index is 957. The first-order chi connectivity index (χ1) is 13.2. The molecular weight excluding hydrogens is 356 g/mol. The molecule has 0 aliphatic rings. The van der Waals surface area contributed by atoms with E-state index in [9.17, 15) is 0 Å². The Morgan fingerprint density at radius 2 is 2.00 bits per heavy atom. The van der Waals surface area contributed by atoms with E-state index in [-0.39, 0.29) is 0 Å². The Morgan fingerprint density at radius 3 is 2.74 bits per heavy atom. The number of nitrogens with one attached hydrogen (secondary N) is 1. The van der Waals surface area contributed by atoms with Gasteiger partial charge in [0.2, 0.25) is 4.77 Å². The molecule has 140 valence electrons. The molecule has 5 nitrogen and oxygen atoms in total. The number of H-pyrrole nitrogens is 1. The lowest BCUT2D eigenvalue weighted by atomic mass is 10.1. The van der Waals surface area contributed by atoms with Crippen LogP contribution in [-0.2, 0) is 0 Å². The minimum absolute atomic E-state index is 0.457. The molecule has 0 spiro atoms. The fourth-order valence-corrected chi connectivity index (χ4v) is 2.87. The number of hydrogen-bond acceptors (Lipinski definition) is 4. The molecule has 0 radical (unpaired) electrons. The van der Waals surface area contributed by atoms with E-state index in [0.29, 0.717) is 10.6 Å². The highest BCUT2D eigenvalue weighted by molar-refractivity contribution is 7.71. The summed E-state index contributed by atoms with van der Waals surface area (Å²) in [7, 11) is 0. The van der Waals surface area contributed by atoms with E-state index in [0.717, 1.165) is 35.5 Å². The van der Waals surface area contributed by atoms with Crippen LogP contribution in [0.25, 0.3) is 11.4 Å². The molecule has 0 aliphatic carbocycles. The molecular formula is C21H24N4OS. The van der Waals surface area contributed by atoms with Crippen LogP contribution in [0.1, 0.15) is 37.3 Å². The van der Waals surface area contributed by atoms with Crippen molar-refractivity contribution in [3.05, 3.63) is 64.4 Å². The summed E-state index contributed by atoms with van der Waals surface area (Å²) in [5, 5.41) is 11.6. The van der Waals surface area contributed by atoms with Gasteiger partial charge in [-0.15, -0.1) is 0 Å². The monoisotopic (exact) mass is 380 g/mol. The van der Waals surface area contributed by atoms with Crippen LogP contribution < -0.4 is 4.74 Å². The van der Waals surface area contributed by atoms with Gasteiger partial charge in [0.25, 0.3) is 0 Å². The van der Waals surface area contributed by atoms with Crippen LogP contribution in [0.15, 0.2) is 53.6 Å². The molecule has 3 aromatic rings. The zero-order valence-corrected chi connectivity index (χ0v) is 16.5. The summed E-state index contributed by atoms with van der Waals surface area (Å²) in [6, 6.07) is 16.0. The molecule has 0 fully saturated rings. The zero-order chi connectivity index (χ0) is 19.1. The van der Waals surface area contributed by atoms with Crippen LogP contribution in [0.5, 0.6) is 5.75 Å². The van der Waals surface area contributed by atoms with Crippen LogP contribution in [0.4, 0.5) is 0 Å². The highest BCUT2D eigenvalue weighted by atomic mass is 32.1. The van der Waals surface area contributed by atoms with Crippen LogP contribution in [-0.4, -0.2) is 27.7 Å². The van der Waals surface area contributed by atoms with Crippen molar-refractivity contribution in [3.63, 3.8) is 0 Å². The summed E-state index contributed by atoms with van der Waals surface area (Å²) < 4.78 is 7.83. The number of hydrogen-bond donors (Lipinski definition) is 1. The SMILES string of the molecule is CCCCCOc1ccc(C=Nn2c(-c3cccc(C)c3)n[nH]c2=S)cc1. The first kappa shape index (κ1) is 19.0. The molecule has 2 aromatic carbocycles. The van der Waals surface area contributed by atoms with Crippen molar-refractivity contribution >= 4 is 18.4 Å². The molecule has 0 atom stereocenters. The highest BCUT2D eigenvalue weighted by Crippen LogP contribution is 2.18. The molecule has 27 heavy (non-hydrogen) atoms. The molecule has 1 aromatic heterocycles. The standard InChI is InChI=1S/C21H24N4OS/c1-3-4-5-13-26-19-11-9-17(10-12-19)15-22-25-20(23-24-21(25)27)18-8-6-7-16(2)14-18/h6-12,14-15H,3-5,13H2,1-2H3,(H,24,27). The second kappa shape index (κ2) is 9.28. The topological polar surface area (TPSA) is 55.2 Å². The largest absolute Gasteiger partial charge is 0.494 e. The fraction of sp³-hybridized carbons (Fsp3) is 0.286. The molecule has 0 saturated carbocycles. The van der Waals surface area contributed by atoms with E-state index in [1.807, 2.05) is 49.4 Å². The quantitative estimate of drug-likeness (QED) is 0.325. The number of unbranched alkanes of at least 4 members (excludes halogenated alkanes) is 2. The summed E-state index contributed by atoms with van der Waals surface area (Å²) in [6.07, 6.45) is 5.24. The molecule has 0 unspecified atom stereocenters. The third-order valence-electron chi connectivity index (χ3n) is 4.15. The van der Waals surface area contributed by atoms with E-state index in [1.165, 1.54) is 12.8 Å². The Kier molecular flexibility index (Phi) is 6.54. The summed E-state index contributed by atoms with van der Waals surface area (Å²) >= 11 is 5.32. The predicted molar refractivity (Wildman–Crippen MR) is 112 cm³/mol.